The predicted molar refractivity (Wildman–Crippen MR) is 108 cm³/mol. The summed E-state index contributed by atoms with van der Waals surface area (Å²) in [6.07, 6.45) is 2.45. The summed E-state index contributed by atoms with van der Waals surface area (Å²) in [5, 5.41) is 3.41. The van der Waals surface area contributed by atoms with Gasteiger partial charge in [0, 0.05) is 19.6 Å². The highest BCUT2D eigenvalue weighted by Crippen LogP contribution is 2.30. The Morgan fingerprint density at radius 2 is 1.96 bits per heavy atom. The predicted octanol–water partition coefficient (Wildman–Crippen LogP) is 3.14. The fourth-order valence-electron chi connectivity index (χ4n) is 2.99. The molecule has 0 saturated carbocycles. The zero-order valence-electron chi connectivity index (χ0n) is 14.5. The van der Waals surface area contributed by atoms with Crippen molar-refractivity contribution in [3.8, 4) is 11.5 Å². The van der Waals surface area contributed by atoms with Crippen LogP contribution in [0.4, 0.5) is 0 Å². The maximum Gasteiger partial charge on any atom is 0.194 e. The second-order valence-corrected chi connectivity index (χ2v) is 6.36. The summed E-state index contributed by atoms with van der Waals surface area (Å²) in [5.74, 6) is 3.46. The minimum absolute atomic E-state index is 0. The van der Waals surface area contributed by atoms with Crippen molar-refractivity contribution in [2.75, 3.05) is 32.8 Å². The first-order chi connectivity index (χ1) is 11.3. The van der Waals surface area contributed by atoms with Crippen LogP contribution in [0.15, 0.2) is 29.3 Å². The summed E-state index contributed by atoms with van der Waals surface area (Å²) < 4.78 is 11.7. The molecule has 2 aliphatic rings. The van der Waals surface area contributed by atoms with Gasteiger partial charge in [-0.2, -0.15) is 0 Å². The molecule has 6 heteroatoms. The highest BCUT2D eigenvalue weighted by Gasteiger charge is 2.22. The Morgan fingerprint density at radius 1 is 1.25 bits per heavy atom. The molecular formula is C18H28IN3O2. The minimum Gasteiger partial charge on any atom is -0.486 e. The van der Waals surface area contributed by atoms with Crippen LogP contribution in [0.3, 0.4) is 0 Å². The number of hydrogen-bond donors (Lipinski definition) is 1. The van der Waals surface area contributed by atoms with Crippen LogP contribution in [0.2, 0.25) is 0 Å². The molecule has 2 heterocycles. The van der Waals surface area contributed by atoms with E-state index in [0.29, 0.717) is 13.2 Å². The van der Waals surface area contributed by atoms with E-state index in [4.69, 9.17) is 14.5 Å². The number of benzene rings is 1. The Labute approximate surface area is 161 Å². The molecule has 2 aliphatic heterocycles. The molecule has 24 heavy (non-hydrogen) atoms. The van der Waals surface area contributed by atoms with Crippen LogP contribution < -0.4 is 14.8 Å². The SMILES string of the molecule is CCNC(=NCC1COc2ccccc2O1)N1CCC(C)CC1.I. The van der Waals surface area contributed by atoms with E-state index in [0.717, 1.165) is 43.0 Å². The molecule has 0 amide bonds. The molecule has 0 bridgehead atoms. The first kappa shape index (κ1) is 19.1. The van der Waals surface area contributed by atoms with Crippen LogP contribution in [0.1, 0.15) is 26.7 Å². The number of halogens is 1. The van der Waals surface area contributed by atoms with Gasteiger partial charge in [0.1, 0.15) is 6.61 Å². The van der Waals surface area contributed by atoms with E-state index in [-0.39, 0.29) is 30.1 Å². The lowest BCUT2D eigenvalue weighted by molar-refractivity contribution is 0.0968. The van der Waals surface area contributed by atoms with Crippen LogP contribution in [0.5, 0.6) is 11.5 Å². The molecule has 0 spiro atoms. The van der Waals surface area contributed by atoms with Gasteiger partial charge in [0.15, 0.2) is 23.6 Å². The van der Waals surface area contributed by atoms with Crippen molar-refractivity contribution < 1.29 is 9.47 Å². The molecule has 0 radical (unpaired) electrons. The van der Waals surface area contributed by atoms with Crippen LogP contribution in [-0.2, 0) is 0 Å². The number of rotatable bonds is 3. The zero-order chi connectivity index (χ0) is 16.1. The van der Waals surface area contributed by atoms with E-state index < -0.39 is 0 Å². The van der Waals surface area contributed by atoms with Gasteiger partial charge in [-0.3, -0.25) is 0 Å². The fourth-order valence-corrected chi connectivity index (χ4v) is 2.99. The number of guanidine groups is 1. The van der Waals surface area contributed by atoms with Gasteiger partial charge >= 0.3 is 0 Å². The molecule has 1 fully saturated rings. The van der Waals surface area contributed by atoms with Crippen molar-refractivity contribution in [3.05, 3.63) is 24.3 Å². The van der Waals surface area contributed by atoms with Crippen molar-refractivity contribution in [3.63, 3.8) is 0 Å². The Kier molecular flexibility index (Phi) is 7.45. The van der Waals surface area contributed by atoms with Gasteiger partial charge in [-0.05, 0) is 37.8 Å². The smallest absolute Gasteiger partial charge is 0.194 e. The van der Waals surface area contributed by atoms with Gasteiger partial charge in [-0.25, -0.2) is 4.99 Å². The molecule has 1 atom stereocenters. The molecule has 1 saturated heterocycles. The van der Waals surface area contributed by atoms with E-state index in [1.807, 2.05) is 24.3 Å². The third-order valence-electron chi connectivity index (χ3n) is 4.43. The molecule has 3 rings (SSSR count). The number of piperidine rings is 1. The highest BCUT2D eigenvalue weighted by atomic mass is 127. The number of fused-ring (bicyclic) bond motifs is 1. The molecule has 134 valence electrons. The van der Waals surface area contributed by atoms with E-state index >= 15 is 0 Å². The zero-order valence-corrected chi connectivity index (χ0v) is 16.9. The summed E-state index contributed by atoms with van der Waals surface area (Å²) in [5.41, 5.74) is 0. The molecule has 0 aromatic heterocycles. The monoisotopic (exact) mass is 445 g/mol. The van der Waals surface area contributed by atoms with Gasteiger partial charge in [0.05, 0.1) is 6.54 Å². The Morgan fingerprint density at radius 3 is 2.67 bits per heavy atom. The maximum atomic E-state index is 5.99. The van der Waals surface area contributed by atoms with Gasteiger partial charge < -0.3 is 19.7 Å². The van der Waals surface area contributed by atoms with Gasteiger partial charge in [-0.1, -0.05) is 19.1 Å². The number of hydrogen-bond acceptors (Lipinski definition) is 3. The largest absolute Gasteiger partial charge is 0.486 e. The van der Waals surface area contributed by atoms with Crippen LogP contribution in [-0.4, -0.2) is 49.7 Å². The van der Waals surface area contributed by atoms with E-state index in [1.165, 1.54) is 12.8 Å². The van der Waals surface area contributed by atoms with E-state index in [9.17, 15) is 0 Å². The quantitative estimate of drug-likeness (QED) is 0.441. The first-order valence-electron chi connectivity index (χ1n) is 8.68. The lowest BCUT2D eigenvalue weighted by atomic mass is 10.00. The van der Waals surface area contributed by atoms with Crippen LogP contribution in [0.25, 0.3) is 0 Å². The van der Waals surface area contributed by atoms with Crippen LogP contribution >= 0.6 is 24.0 Å². The summed E-state index contributed by atoms with van der Waals surface area (Å²) >= 11 is 0. The van der Waals surface area contributed by atoms with Gasteiger partial charge in [0.25, 0.3) is 0 Å². The number of likely N-dealkylation sites (tertiary alicyclic amines) is 1. The Bertz CT molecular complexity index is 545. The number of nitrogens with one attached hydrogen (secondary N) is 1. The number of aliphatic imine (C=N–C) groups is 1. The highest BCUT2D eigenvalue weighted by molar-refractivity contribution is 14.0. The molecular weight excluding hydrogens is 417 g/mol. The third-order valence-corrected chi connectivity index (χ3v) is 4.43. The molecule has 5 nitrogen and oxygen atoms in total. The van der Waals surface area contributed by atoms with Crippen molar-refractivity contribution in [2.45, 2.75) is 32.8 Å². The van der Waals surface area contributed by atoms with E-state index in [2.05, 4.69) is 24.1 Å². The topological polar surface area (TPSA) is 46.1 Å². The van der Waals surface area contributed by atoms with Crippen molar-refractivity contribution in [1.82, 2.24) is 10.2 Å². The van der Waals surface area contributed by atoms with Gasteiger partial charge in [-0.15, -0.1) is 24.0 Å². The average molecular weight is 445 g/mol. The molecule has 1 unspecified atom stereocenters. The number of para-hydroxylation sites is 2. The molecule has 1 aromatic rings. The fraction of sp³-hybridized carbons (Fsp3) is 0.611. The molecule has 1 N–H and O–H groups in total. The average Bonchev–Trinajstić information content (AvgIpc) is 2.59. The maximum absolute atomic E-state index is 5.99. The first-order valence-corrected chi connectivity index (χ1v) is 8.68. The van der Waals surface area contributed by atoms with E-state index in [1.54, 1.807) is 0 Å². The summed E-state index contributed by atoms with van der Waals surface area (Å²) in [4.78, 5) is 7.15. The number of nitrogens with zero attached hydrogens (tertiary/aromatic N) is 2. The Balaban J connectivity index is 0.00000208. The third kappa shape index (κ3) is 4.91. The van der Waals surface area contributed by atoms with Crippen LogP contribution in [0, 0.1) is 5.92 Å². The lowest BCUT2D eigenvalue weighted by Crippen LogP contribution is -2.46. The van der Waals surface area contributed by atoms with Gasteiger partial charge in [0.2, 0.25) is 0 Å². The Hall–Kier alpha value is -1.18. The summed E-state index contributed by atoms with van der Waals surface area (Å²) in [7, 11) is 0. The standard InChI is InChI=1S/C18H27N3O2.HI/c1-3-19-18(21-10-8-14(2)9-11-21)20-12-15-13-22-16-6-4-5-7-17(16)23-15;/h4-7,14-15H,3,8-13H2,1-2H3,(H,19,20);1H. The lowest BCUT2D eigenvalue weighted by Gasteiger charge is -2.33. The molecule has 1 aromatic carbocycles. The van der Waals surface area contributed by atoms with Crippen molar-refractivity contribution in [2.24, 2.45) is 10.9 Å². The summed E-state index contributed by atoms with van der Waals surface area (Å²) in [6.45, 7) is 8.65. The summed E-state index contributed by atoms with van der Waals surface area (Å²) in [6, 6.07) is 7.81. The van der Waals surface area contributed by atoms with Crippen molar-refractivity contribution >= 4 is 29.9 Å². The molecule has 0 aliphatic carbocycles. The minimum atomic E-state index is -0.0257. The normalized spacial score (nSPS) is 21.2. The number of ether oxygens (including phenoxy) is 2. The second-order valence-electron chi connectivity index (χ2n) is 6.36. The van der Waals surface area contributed by atoms with Crippen molar-refractivity contribution in [1.29, 1.82) is 0 Å². The second kappa shape index (κ2) is 9.34.